The number of hydrogen-bond acceptors (Lipinski definition) is 6. The summed E-state index contributed by atoms with van der Waals surface area (Å²) in [7, 11) is 3.19. The van der Waals surface area contributed by atoms with Gasteiger partial charge in [-0.2, -0.15) is 0 Å². The van der Waals surface area contributed by atoms with E-state index >= 15 is 0 Å². The van der Waals surface area contributed by atoms with Crippen molar-refractivity contribution < 1.29 is 23.8 Å². The summed E-state index contributed by atoms with van der Waals surface area (Å²) in [5.74, 6) is 1.31. The van der Waals surface area contributed by atoms with Crippen molar-refractivity contribution in [2.75, 3.05) is 27.4 Å². The van der Waals surface area contributed by atoms with Gasteiger partial charge in [0, 0.05) is 18.8 Å². The molecule has 0 spiro atoms. The molecule has 0 N–H and O–H groups in total. The van der Waals surface area contributed by atoms with E-state index in [4.69, 9.17) is 14.2 Å². The fourth-order valence-corrected chi connectivity index (χ4v) is 4.63. The standard InChI is InChI=1S/C28H27N3O5/c1-18-29-23-13-20(9-10-24(23)31(18)22-7-5-4-6-8-22)28(33)36-17-27(32)30-12-11-19-14-25(34-2)26(35-3)15-21(19)16-30/h4-10,13-15H,11-12,16-17H2,1-3H3. The van der Waals surface area contributed by atoms with Crippen LogP contribution in [-0.4, -0.2) is 53.7 Å². The van der Waals surface area contributed by atoms with Crippen molar-refractivity contribution in [3.05, 3.63) is 83.2 Å². The molecule has 0 bridgehead atoms. The molecule has 184 valence electrons. The molecule has 8 heteroatoms. The molecular formula is C28H27N3O5. The Morgan fingerprint density at radius 2 is 1.67 bits per heavy atom. The number of rotatable bonds is 6. The normalized spacial score (nSPS) is 12.8. The molecule has 3 aromatic carbocycles. The van der Waals surface area contributed by atoms with E-state index in [0.29, 0.717) is 42.1 Å². The van der Waals surface area contributed by atoms with E-state index in [1.807, 2.05) is 60.0 Å². The third-order valence-electron chi connectivity index (χ3n) is 6.47. The van der Waals surface area contributed by atoms with Crippen LogP contribution in [0, 0.1) is 6.92 Å². The van der Waals surface area contributed by atoms with Crippen LogP contribution in [-0.2, 0) is 22.5 Å². The van der Waals surface area contributed by atoms with Gasteiger partial charge in [-0.05, 0) is 66.9 Å². The van der Waals surface area contributed by atoms with E-state index in [-0.39, 0.29) is 12.5 Å². The molecule has 1 amide bonds. The first-order chi connectivity index (χ1) is 17.5. The summed E-state index contributed by atoms with van der Waals surface area (Å²) in [5, 5.41) is 0. The maximum atomic E-state index is 12.8. The number of carbonyl (C=O) groups is 2. The summed E-state index contributed by atoms with van der Waals surface area (Å²) in [6.07, 6.45) is 0.690. The molecule has 8 nitrogen and oxygen atoms in total. The summed E-state index contributed by atoms with van der Waals surface area (Å²) in [6, 6.07) is 19.0. The molecule has 1 aliphatic rings. The van der Waals surface area contributed by atoms with E-state index < -0.39 is 5.97 Å². The minimum Gasteiger partial charge on any atom is -0.493 e. The van der Waals surface area contributed by atoms with E-state index in [9.17, 15) is 9.59 Å². The van der Waals surface area contributed by atoms with Gasteiger partial charge in [0.05, 0.1) is 30.8 Å². The van der Waals surface area contributed by atoms with Gasteiger partial charge in [0.25, 0.3) is 5.91 Å². The first-order valence-electron chi connectivity index (χ1n) is 11.7. The maximum Gasteiger partial charge on any atom is 0.338 e. The third kappa shape index (κ3) is 4.37. The first-order valence-corrected chi connectivity index (χ1v) is 11.7. The van der Waals surface area contributed by atoms with Crippen LogP contribution in [0.1, 0.15) is 27.3 Å². The number of para-hydroxylation sites is 1. The molecule has 4 aromatic rings. The average Bonchev–Trinajstić information content (AvgIpc) is 3.25. The summed E-state index contributed by atoms with van der Waals surface area (Å²) in [6.45, 7) is 2.57. The number of esters is 1. The van der Waals surface area contributed by atoms with Gasteiger partial charge in [0.1, 0.15) is 5.82 Å². The van der Waals surface area contributed by atoms with Gasteiger partial charge in [0.2, 0.25) is 0 Å². The Morgan fingerprint density at radius 3 is 2.39 bits per heavy atom. The van der Waals surface area contributed by atoms with Crippen molar-refractivity contribution in [3.63, 3.8) is 0 Å². The van der Waals surface area contributed by atoms with Gasteiger partial charge < -0.3 is 19.1 Å². The van der Waals surface area contributed by atoms with Crippen LogP contribution in [0.4, 0.5) is 0 Å². The summed E-state index contributed by atoms with van der Waals surface area (Å²) in [5.41, 5.74) is 5.05. The van der Waals surface area contributed by atoms with Gasteiger partial charge in [-0.25, -0.2) is 9.78 Å². The fraction of sp³-hybridized carbons (Fsp3) is 0.250. The highest BCUT2D eigenvalue weighted by Crippen LogP contribution is 2.33. The molecule has 1 aromatic heterocycles. The molecule has 0 unspecified atom stereocenters. The van der Waals surface area contributed by atoms with Crippen molar-refractivity contribution in [2.24, 2.45) is 0 Å². The van der Waals surface area contributed by atoms with Crippen LogP contribution in [0.5, 0.6) is 11.5 Å². The Morgan fingerprint density at radius 1 is 0.944 bits per heavy atom. The zero-order valence-corrected chi connectivity index (χ0v) is 20.5. The number of amides is 1. The van der Waals surface area contributed by atoms with Crippen LogP contribution >= 0.6 is 0 Å². The molecule has 0 saturated heterocycles. The number of imidazole rings is 1. The molecule has 0 saturated carbocycles. The molecule has 1 aliphatic heterocycles. The van der Waals surface area contributed by atoms with Crippen LogP contribution in [0.3, 0.4) is 0 Å². The van der Waals surface area contributed by atoms with Gasteiger partial charge >= 0.3 is 5.97 Å². The van der Waals surface area contributed by atoms with Crippen molar-refractivity contribution in [3.8, 4) is 17.2 Å². The zero-order chi connectivity index (χ0) is 25.2. The smallest absolute Gasteiger partial charge is 0.338 e. The van der Waals surface area contributed by atoms with Gasteiger partial charge in [0.15, 0.2) is 18.1 Å². The van der Waals surface area contributed by atoms with E-state index in [1.165, 1.54) is 0 Å². The number of benzene rings is 3. The number of aryl methyl sites for hydroxylation is 1. The Kier molecular flexibility index (Phi) is 6.33. The van der Waals surface area contributed by atoms with Crippen molar-refractivity contribution in [2.45, 2.75) is 19.9 Å². The highest BCUT2D eigenvalue weighted by Gasteiger charge is 2.24. The molecular weight excluding hydrogens is 458 g/mol. The van der Waals surface area contributed by atoms with E-state index in [0.717, 1.165) is 28.2 Å². The molecule has 2 heterocycles. The van der Waals surface area contributed by atoms with Gasteiger partial charge in [-0.15, -0.1) is 0 Å². The lowest BCUT2D eigenvalue weighted by Gasteiger charge is -2.29. The lowest BCUT2D eigenvalue weighted by Crippen LogP contribution is -2.38. The largest absolute Gasteiger partial charge is 0.493 e. The maximum absolute atomic E-state index is 12.8. The van der Waals surface area contributed by atoms with Gasteiger partial charge in [-0.1, -0.05) is 18.2 Å². The molecule has 0 aliphatic carbocycles. The summed E-state index contributed by atoms with van der Waals surface area (Å²) in [4.78, 5) is 31.8. The van der Waals surface area contributed by atoms with E-state index in [1.54, 1.807) is 31.3 Å². The molecule has 0 atom stereocenters. The first kappa shape index (κ1) is 23.4. The number of ether oxygens (including phenoxy) is 3. The SMILES string of the molecule is COc1cc2c(cc1OC)CN(C(=O)COC(=O)c1ccc3c(c1)nc(C)n3-c1ccccc1)CC2. The summed E-state index contributed by atoms with van der Waals surface area (Å²) >= 11 is 0. The minimum atomic E-state index is -0.555. The molecule has 5 rings (SSSR count). The Bertz CT molecular complexity index is 1440. The topological polar surface area (TPSA) is 82.9 Å². The molecule has 0 radical (unpaired) electrons. The predicted molar refractivity (Wildman–Crippen MR) is 135 cm³/mol. The van der Waals surface area contributed by atoms with Crippen LogP contribution in [0.2, 0.25) is 0 Å². The van der Waals surface area contributed by atoms with Crippen molar-refractivity contribution in [1.29, 1.82) is 0 Å². The number of hydrogen-bond donors (Lipinski definition) is 0. The zero-order valence-electron chi connectivity index (χ0n) is 20.5. The number of aromatic nitrogens is 2. The van der Waals surface area contributed by atoms with Gasteiger partial charge in [-0.3, -0.25) is 9.36 Å². The van der Waals surface area contributed by atoms with Crippen molar-refractivity contribution in [1.82, 2.24) is 14.5 Å². The summed E-state index contributed by atoms with van der Waals surface area (Å²) < 4.78 is 18.2. The number of carbonyl (C=O) groups excluding carboxylic acids is 2. The highest BCUT2D eigenvalue weighted by atomic mass is 16.5. The second kappa shape index (κ2) is 9.73. The lowest BCUT2D eigenvalue weighted by molar-refractivity contribution is -0.135. The molecule has 36 heavy (non-hydrogen) atoms. The lowest BCUT2D eigenvalue weighted by atomic mass is 9.99. The van der Waals surface area contributed by atoms with Crippen molar-refractivity contribution >= 4 is 22.9 Å². The molecule has 0 fully saturated rings. The second-order valence-corrected chi connectivity index (χ2v) is 8.65. The monoisotopic (exact) mass is 485 g/mol. The third-order valence-corrected chi connectivity index (χ3v) is 6.47. The number of nitrogens with zero attached hydrogens (tertiary/aromatic N) is 3. The van der Waals surface area contributed by atoms with Crippen LogP contribution < -0.4 is 9.47 Å². The van der Waals surface area contributed by atoms with Crippen LogP contribution in [0.15, 0.2) is 60.7 Å². The van der Waals surface area contributed by atoms with E-state index in [2.05, 4.69) is 4.98 Å². The fourth-order valence-electron chi connectivity index (χ4n) is 4.63. The van der Waals surface area contributed by atoms with Crippen LogP contribution in [0.25, 0.3) is 16.7 Å². The highest BCUT2D eigenvalue weighted by molar-refractivity contribution is 5.95. The Balaban J connectivity index is 1.26. The number of fused-ring (bicyclic) bond motifs is 2. The Hall–Kier alpha value is -4.33. The second-order valence-electron chi connectivity index (χ2n) is 8.65. The predicted octanol–water partition coefficient (Wildman–Crippen LogP) is 4.09. The Labute approximate surface area is 209 Å². The minimum absolute atomic E-state index is 0.242. The average molecular weight is 486 g/mol. The number of methoxy groups -OCH3 is 2. The quantitative estimate of drug-likeness (QED) is 0.383.